The number of anilines is 1. The van der Waals surface area contributed by atoms with Crippen LogP contribution in [0.5, 0.6) is 0 Å². The van der Waals surface area contributed by atoms with Crippen molar-refractivity contribution in [1.82, 2.24) is 0 Å². The van der Waals surface area contributed by atoms with Gasteiger partial charge in [-0.15, -0.1) is 0 Å². The average molecular weight is 390 g/mol. The van der Waals surface area contributed by atoms with Gasteiger partial charge in [-0.1, -0.05) is 50.6 Å². The Kier molecular flexibility index (Phi) is 5.51. The normalized spacial score (nSPS) is 24.6. The van der Waals surface area contributed by atoms with Crippen LogP contribution in [0.3, 0.4) is 0 Å². The molecule has 1 aromatic rings. The molecule has 0 unspecified atom stereocenters. The number of rotatable bonds is 3. The molecule has 2 aliphatic rings. The minimum Gasteiger partial charge on any atom is -0.347 e. The highest BCUT2D eigenvalue weighted by Crippen LogP contribution is 2.47. The summed E-state index contributed by atoms with van der Waals surface area (Å²) in [5.74, 6) is 0. The van der Waals surface area contributed by atoms with Crippen LogP contribution in [0.4, 0.5) is 5.69 Å². The van der Waals surface area contributed by atoms with Crippen molar-refractivity contribution < 1.29 is 4.58 Å². The molecule has 2 aliphatic heterocycles. The van der Waals surface area contributed by atoms with Crippen molar-refractivity contribution in [3.8, 4) is 0 Å². The largest absolute Gasteiger partial charge is 0.347 e. The van der Waals surface area contributed by atoms with Gasteiger partial charge in [0.1, 0.15) is 7.05 Å². The number of hydrogen-bond donors (Lipinski definition) is 0. The van der Waals surface area contributed by atoms with Gasteiger partial charge in [0.25, 0.3) is 0 Å². The van der Waals surface area contributed by atoms with Crippen molar-refractivity contribution in [3.63, 3.8) is 0 Å². The average Bonchev–Trinajstić information content (AvgIpc) is 2.95. The van der Waals surface area contributed by atoms with Crippen LogP contribution < -0.4 is 4.90 Å². The highest BCUT2D eigenvalue weighted by Gasteiger charge is 2.45. The van der Waals surface area contributed by atoms with Gasteiger partial charge in [0.15, 0.2) is 5.71 Å². The molecule has 0 atom stereocenters. The number of nitrogens with zero attached hydrogens (tertiary/aromatic N) is 2. The Morgan fingerprint density at radius 1 is 1.10 bits per heavy atom. The fourth-order valence-corrected chi connectivity index (χ4v) is 5.10. The zero-order valence-corrected chi connectivity index (χ0v) is 19.7. The summed E-state index contributed by atoms with van der Waals surface area (Å²) < 4.78 is 2.35. The Balaban J connectivity index is 2.00. The molecule has 29 heavy (non-hydrogen) atoms. The molecule has 2 nitrogen and oxygen atoms in total. The van der Waals surface area contributed by atoms with E-state index in [1.165, 1.54) is 39.5 Å². The van der Waals surface area contributed by atoms with Crippen LogP contribution in [0.2, 0.25) is 0 Å². The zero-order valence-electron chi connectivity index (χ0n) is 19.7. The number of aryl methyl sites for hydroxylation is 1. The first-order valence-electron chi connectivity index (χ1n) is 10.8. The summed E-state index contributed by atoms with van der Waals surface area (Å²) in [5.41, 5.74) is 9.50. The van der Waals surface area contributed by atoms with Gasteiger partial charge in [0.2, 0.25) is 5.70 Å². The quantitative estimate of drug-likeness (QED) is 0.533. The molecular weight excluding hydrogens is 352 g/mol. The monoisotopic (exact) mass is 389 g/mol. The maximum absolute atomic E-state index is 2.37. The Morgan fingerprint density at radius 2 is 1.79 bits per heavy atom. The molecule has 0 radical (unpaired) electrons. The van der Waals surface area contributed by atoms with Crippen molar-refractivity contribution >= 4 is 11.4 Å². The van der Waals surface area contributed by atoms with Gasteiger partial charge in [-0.3, -0.25) is 0 Å². The summed E-state index contributed by atoms with van der Waals surface area (Å²) in [5, 5.41) is 0. The molecule has 1 aromatic carbocycles. The highest BCUT2D eigenvalue weighted by atomic mass is 15.2. The van der Waals surface area contributed by atoms with Gasteiger partial charge in [0, 0.05) is 35.5 Å². The standard InChI is InChI=1S/C27H37N2/c1-10-13-20-22(11-2)28(8)24(26(20,4)5)14-12-15-25-27(6,7)21-18-19(3)16-17-23(21)29(25)9/h11-18H,10H2,1-9H3/q+1. The molecule has 0 aliphatic carbocycles. The Hall–Kier alpha value is -2.35. The minimum absolute atomic E-state index is 0.00393. The predicted molar refractivity (Wildman–Crippen MR) is 127 cm³/mol. The third-order valence-corrected chi connectivity index (χ3v) is 6.69. The van der Waals surface area contributed by atoms with Crippen molar-refractivity contribution in [2.45, 2.75) is 60.3 Å². The fourth-order valence-electron chi connectivity index (χ4n) is 5.10. The molecule has 2 heterocycles. The second-order valence-electron chi connectivity index (χ2n) is 9.38. The zero-order chi connectivity index (χ0) is 21.6. The molecule has 0 spiro atoms. The molecule has 0 saturated carbocycles. The van der Waals surface area contributed by atoms with Crippen LogP contribution in [0.1, 0.15) is 59.1 Å². The summed E-state index contributed by atoms with van der Waals surface area (Å²) in [6, 6.07) is 6.79. The number of hydrogen-bond acceptors (Lipinski definition) is 1. The minimum atomic E-state index is 0.00393. The summed E-state index contributed by atoms with van der Waals surface area (Å²) in [7, 11) is 4.37. The fraction of sp³-hybridized carbons (Fsp3) is 0.444. The van der Waals surface area contributed by atoms with E-state index in [0.29, 0.717) is 0 Å². The van der Waals surface area contributed by atoms with E-state index >= 15 is 0 Å². The molecule has 154 valence electrons. The molecule has 0 amide bonds. The van der Waals surface area contributed by atoms with Gasteiger partial charge in [-0.05, 0) is 57.9 Å². The Bertz CT molecular complexity index is 978. The molecule has 0 saturated heterocycles. The van der Waals surface area contributed by atoms with E-state index in [1.807, 2.05) is 0 Å². The SMILES string of the molecule is CC=C1C(=CCC)C(C)(C)C(C=CC=C2N(C)c3ccc(C)cc3C2(C)C)=[N+]1C. The lowest BCUT2D eigenvalue weighted by molar-refractivity contribution is -0.434. The van der Waals surface area contributed by atoms with Gasteiger partial charge in [-0.25, -0.2) is 0 Å². The second kappa shape index (κ2) is 7.48. The molecular formula is C27H37N2+. The van der Waals surface area contributed by atoms with Crippen molar-refractivity contribution in [2.24, 2.45) is 5.41 Å². The van der Waals surface area contributed by atoms with Gasteiger partial charge < -0.3 is 4.90 Å². The molecule has 3 rings (SSSR count). The van der Waals surface area contributed by atoms with Crippen LogP contribution >= 0.6 is 0 Å². The number of fused-ring (bicyclic) bond motifs is 1. The van der Waals surface area contributed by atoms with Crippen LogP contribution in [0, 0.1) is 12.3 Å². The first-order valence-corrected chi connectivity index (χ1v) is 10.8. The van der Waals surface area contributed by atoms with E-state index in [-0.39, 0.29) is 10.8 Å². The van der Waals surface area contributed by atoms with E-state index in [0.717, 1.165) is 6.42 Å². The van der Waals surface area contributed by atoms with Gasteiger partial charge in [-0.2, -0.15) is 4.58 Å². The van der Waals surface area contributed by atoms with E-state index in [4.69, 9.17) is 0 Å². The van der Waals surface area contributed by atoms with E-state index in [2.05, 4.69) is 121 Å². The maximum Gasteiger partial charge on any atom is 0.204 e. The lowest BCUT2D eigenvalue weighted by atomic mass is 9.80. The predicted octanol–water partition coefficient (Wildman–Crippen LogP) is 6.53. The lowest BCUT2D eigenvalue weighted by Gasteiger charge is -2.23. The van der Waals surface area contributed by atoms with Gasteiger partial charge >= 0.3 is 0 Å². The molecule has 0 aromatic heterocycles. The van der Waals surface area contributed by atoms with Crippen molar-refractivity contribution in [1.29, 1.82) is 0 Å². The van der Waals surface area contributed by atoms with E-state index in [1.54, 1.807) is 0 Å². The molecule has 0 bridgehead atoms. The molecule has 0 fully saturated rings. The second-order valence-corrected chi connectivity index (χ2v) is 9.38. The summed E-state index contributed by atoms with van der Waals surface area (Å²) in [6.45, 7) is 15.8. The number of likely N-dealkylation sites (N-methyl/N-ethyl adjacent to an activating group) is 2. The van der Waals surface area contributed by atoms with Crippen LogP contribution in [0.15, 0.2) is 65.5 Å². The summed E-state index contributed by atoms with van der Waals surface area (Å²) in [4.78, 5) is 2.34. The Labute approximate surface area is 177 Å². The van der Waals surface area contributed by atoms with Crippen LogP contribution in [-0.2, 0) is 5.41 Å². The number of allylic oxidation sites excluding steroid dienone is 7. The first kappa shape index (κ1) is 21.4. The smallest absolute Gasteiger partial charge is 0.204 e. The van der Waals surface area contributed by atoms with Gasteiger partial charge in [0.05, 0.1) is 5.41 Å². The third kappa shape index (κ3) is 3.33. The Morgan fingerprint density at radius 3 is 2.41 bits per heavy atom. The van der Waals surface area contributed by atoms with E-state index < -0.39 is 0 Å². The molecule has 0 N–H and O–H groups in total. The molecule has 2 heteroatoms. The number of benzene rings is 1. The van der Waals surface area contributed by atoms with Crippen molar-refractivity contribution in [3.05, 3.63) is 76.7 Å². The first-order chi connectivity index (χ1) is 13.6. The maximum atomic E-state index is 2.37. The third-order valence-electron chi connectivity index (χ3n) is 6.69. The topological polar surface area (TPSA) is 6.25 Å². The summed E-state index contributed by atoms with van der Waals surface area (Å²) >= 11 is 0. The van der Waals surface area contributed by atoms with Crippen molar-refractivity contribution in [2.75, 3.05) is 19.0 Å². The van der Waals surface area contributed by atoms with E-state index in [9.17, 15) is 0 Å². The van der Waals surface area contributed by atoms with Crippen LogP contribution in [-0.4, -0.2) is 24.4 Å². The van der Waals surface area contributed by atoms with Crippen LogP contribution in [0.25, 0.3) is 0 Å². The highest BCUT2D eigenvalue weighted by molar-refractivity contribution is 6.00. The summed E-state index contributed by atoms with van der Waals surface area (Å²) in [6.07, 6.45) is 12.5. The lowest BCUT2D eigenvalue weighted by Crippen LogP contribution is -2.23.